The van der Waals surface area contributed by atoms with E-state index in [1.54, 1.807) is 18.6 Å². The zero-order valence-electron chi connectivity index (χ0n) is 15.5. The molecule has 1 aliphatic rings. The van der Waals surface area contributed by atoms with E-state index in [0.717, 1.165) is 42.3 Å². The van der Waals surface area contributed by atoms with Crippen molar-refractivity contribution >= 4 is 17.7 Å². The summed E-state index contributed by atoms with van der Waals surface area (Å²) in [5, 5.41) is 3.38. The molecule has 0 aromatic carbocycles. The molecule has 144 valence electrons. The lowest BCUT2D eigenvalue weighted by molar-refractivity contribution is 0.122. The van der Waals surface area contributed by atoms with E-state index in [1.807, 2.05) is 24.3 Å². The molecule has 0 unspecified atom stereocenters. The van der Waals surface area contributed by atoms with E-state index in [0.29, 0.717) is 25.7 Å². The largest absolute Gasteiger partial charge is 0.378 e. The van der Waals surface area contributed by atoms with Gasteiger partial charge in [0.15, 0.2) is 0 Å². The molecule has 4 rings (SSSR count). The molecule has 3 N–H and O–H groups in total. The van der Waals surface area contributed by atoms with Crippen LogP contribution in [0.2, 0.25) is 0 Å². The lowest BCUT2D eigenvalue weighted by Crippen LogP contribution is -2.37. The van der Waals surface area contributed by atoms with E-state index in [-0.39, 0.29) is 5.95 Å². The van der Waals surface area contributed by atoms with Crippen LogP contribution in [0.25, 0.3) is 11.3 Å². The summed E-state index contributed by atoms with van der Waals surface area (Å²) in [4.78, 5) is 24.0. The molecule has 4 heterocycles. The molecule has 0 saturated carbocycles. The molecule has 28 heavy (non-hydrogen) atoms. The Bertz CT molecular complexity index is 898. The number of nitrogens with one attached hydrogen (secondary N) is 1. The van der Waals surface area contributed by atoms with E-state index in [1.165, 1.54) is 0 Å². The zero-order chi connectivity index (χ0) is 19.2. The highest BCUT2D eigenvalue weighted by Crippen LogP contribution is 2.23. The molecular formula is C19H22N8O. The Morgan fingerprint density at radius 1 is 1.07 bits per heavy atom. The maximum absolute atomic E-state index is 5.61. The van der Waals surface area contributed by atoms with Gasteiger partial charge in [0.25, 0.3) is 0 Å². The van der Waals surface area contributed by atoms with Crippen molar-refractivity contribution in [3.8, 4) is 11.3 Å². The molecule has 0 amide bonds. The third-order valence-electron chi connectivity index (χ3n) is 4.39. The number of hydrogen-bond acceptors (Lipinski definition) is 9. The van der Waals surface area contributed by atoms with Crippen molar-refractivity contribution in [2.24, 2.45) is 0 Å². The van der Waals surface area contributed by atoms with Crippen molar-refractivity contribution in [2.75, 3.05) is 48.8 Å². The molecule has 9 heteroatoms. The number of pyridine rings is 1. The van der Waals surface area contributed by atoms with Crippen LogP contribution in [0.15, 0.2) is 42.9 Å². The summed E-state index contributed by atoms with van der Waals surface area (Å²) in [5.41, 5.74) is 8.18. The van der Waals surface area contributed by atoms with Crippen molar-refractivity contribution in [1.29, 1.82) is 0 Å². The number of nitrogens with zero attached hydrogens (tertiary/aromatic N) is 6. The van der Waals surface area contributed by atoms with Gasteiger partial charge < -0.3 is 20.7 Å². The Hall–Kier alpha value is -3.33. The molecule has 9 nitrogen and oxygen atoms in total. The molecule has 0 aliphatic carbocycles. The van der Waals surface area contributed by atoms with Gasteiger partial charge in [-0.2, -0.15) is 4.98 Å². The summed E-state index contributed by atoms with van der Waals surface area (Å²) in [6.07, 6.45) is 5.95. The van der Waals surface area contributed by atoms with Crippen LogP contribution in [-0.4, -0.2) is 57.8 Å². The molecule has 1 aliphatic heterocycles. The smallest absolute Gasteiger partial charge is 0.228 e. The van der Waals surface area contributed by atoms with E-state index < -0.39 is 0 Å². The lowest BCUT2D eigenvalue weighted by atomic mass is 10.2. The predicted molar refractivity (Wildman–Crippen MR) is 107 cm³/mol. The Morgan fingerprint density at radius 3 is 2.64 bits per heavy atom. The summed E-state index contributed by atoms with van der Waals surface area (Å²) in [7, 11) is 0. The molecule has 1 fully saturated rings. The maximum Gasteiger partial charge on any atom is 0.228 e. The van der Waals surface area contributed by atoms with Gasteiger partial charge in [0.1, 0.15) is 5.82 Å². The van der Waals surface area contributed by atoms with Crippen LogP contribution in [0.4, 0.5) is 17.7 Å². The Morgan fingerprint density at radius 2 is 1.89 bits per heavy atom. The van der Waals surface area contributed by atoms with Crippen LogP contribution in [-0.2, 0) is 11.2 Å². The summed E-state index contributed by atoms with van der Waals surface area (Å²) in [6.45, 7) is 3.57. The van der Waals surface area contributed by atoms with E-state index >= 15 is 0 Å². The number of anilines is 3. The van der Waals surface area contributed by atoms with Crippen molar-refractivity contribution in [1.82, 2.24) is 24.9 Å². The second kappa shape index (κ2) is 8.57. The maximum atomic E-state index is 5.61. The van der Waals surface area contributed by atoms with Crippen LogP contribution in [0.1, 0.15) is 5.69 Å². The Kier molecular flexibility index (Phi) is 5.53. The third-order valence-corrected chi connectivity index (χ3v) is 4.39. The quantitative estimate of drug-likeness (QED) is 0.656. The van der Waals surface area contributed by atoms with Gasteiger partial charge in [0, 0.05) is 62.0 Å². The van der Waals surface area contributed by atoms with Crippen molar-refractivity contribution < 1.29 is 4.74 Å². The summed E-state index contributed by atoms with van der Waals surface area (Å²) < 4.78 is 5.44. The fourth-order valence-electron chi connectivity index (χ4n) is 2.91. The highest BCUT2D eigenvalue weighted by atomic mass is 16.5. The number of aromatic nitrogens is 5. The molecule has 0 atom stereocenters. The third kappa shape index (κ3) is 4.49. The fraction of sp³-hybridized carbons (Fsp3) is 0.316. The number of nitrogens with two attached hydrogens (primary N) is 1. The first-order valence-electron chi connectivity index (χ1n) is 9.21. The number of rotatable bonds is 6. The van der Waals surface area contributed by atoms with E-state index in [4.69, 9.17) is 20.4 Å². The minimum atomic E-state index is 0.236. The number of morpholine rings is 1. The molecule has 0 radical (unpaired) electrons. The molecule has 0 bridgehead atoms. The normalized spacial score (nSPS) is 14.1. The zero-order valence-corrected chi connectivity index (χ0v) is 15.5. The van der Waals surface area contributed by atoms with Crippen LogP contribution < -0.4 is 16.0 Å². The molecule has 1 saturated heterocycles. The van der Waals surface area contributed by atoms with E-state index in [2.05, 4.69) is 25.2 Å². The van der Waals surface area contributed by atoms with Gasteiger partial charge in [-0.05, 0) is 12.1 Å². The predicted octanol–water partition coefficient (Wildman–Crippen LogP) is 1.40. The van der Waals surface area contributed by atoms with Crippen LogP contribution >= 0.6 is 0 Å². The van der Waals surface area contributed by atoms with Crippen molar-refractivity contribution in [3.05, 3.63) is 48.5 Å². The average Bonchev–Trinajstić information content (AvgIpc) is 2.75. The van der Waals surface area contributed by atoms with Crippen LogP contribution in [0.5, 0.6) is 0 Å². The lowest BCUT2D eigenvalue weighted by Gasteiger charge is -2.27. The second-order valence-corrected chi connectivity index (χ2v) is 6.37. The van der Waals surface area contributed by atoms with Crippen LogP contribution in [0.3, 0.4) is 0 Å². The Labute approximate surface area is 163 Å². The first kappa shape index (κ1) is 18.1. The molecule has 3 aromatic rings. The standard InChI is InChI=1S/C19H22N8O/c20-18-23-12-14(13-24-18)16-11-17(22-6-4-15-3-1-2-5-21-15)26-19(25-16)27-7-9-28-10-8-27/h1-3,5,11-13H,4,6-10H2,(H2,20,23,24)(H,22,25,26). The topological polar surface area (TPSA) is 115 Å². The van der Waals surface area contributed by atoms with Gasteiger partial charge in [0.05, 0.1) is 18.9 Å². The molecule has 0 spiro atoms. The Balaban J connectivity index is 1.56. The van der Waals surface area contributed by atoms with E-state index in [9.17, 15) is 0 Å². The number of nitrogen functional groups attached to an aromatic ring is 1. The van der Waals surface area contributed by atoms with Crippen LogP contribution in [0, 0.1) is 0 Å². The molecular weight excluding hydrogens is 356 g/mol. The SMILES string of the molecule is Nc1ncc(-c2cc(NCCc3ccccn3)nc(N3CCOCC3)n2)cn1. The minimum absolute atomic E-state index is 0.236. The highest BCUT2D eigenvalue weighted by Gasteiger charge is 2.16. The highest BCUT2D eigenvalue weighted by molar-refractivity contribution is 5.63. The van der Waals surface area contributed by atoms with Crippen molar-refractivity contribution in [2.45, 2.75) is 6.42 Å². The van der Waals surface area contributed by atoms with Gasteiger partial charge in [-0.1, -0.05) is 6.07 Å². The van der Waals surface area contributed by atoms with Gasteiger partial charge >= 0.3 is 0 Å². The number of hydrogen-bond donors (Lipinski definition) is 2. The van der Waals surface area contributed by atoms with Gasteiger partial charge in [-0.25, -0.2) is 15.0 Å². The van der Waals surface area contributed by atoms with Gasteiger partial charge in [-0.15, -0.1) is 0 Å². The summed E-state index contributed by atoms with van der Waals surface area (Å²) >= 11 is 0. The minimum Gasteiger partial charge on any atom is -0.378 e. The van der Waals surface area contributed by atoms with Crippen molar-refractivity contribution in [3.63, 3.8) is 0 Å². The molecule has 3 aromatic heterocycles. The van der Waals surface area contributed by atoms with Gasteiger partial charge in [0.2, 0.25) is 11.9 Å². The summed E-state index contributed by atoms with van der Waals surface area (Å²) in [6, 6.07) is 7.81. The van der Waals surface area contributed by atoms with Gasteiger partial charge in [-0.3, -0.25) is 4.98 Å². The summed E-state index contributed by atoms with van der Waals surface area (Å²) in [5.74, 6) is 1.65. The second-order valence-electron chi connectivity index (χ2n) is 6.37. The average molecular weight is 378 g/mol. The fourth-order valence-corrected chi connectivity index (χ4v) is 2.91. The first-order chi connectivity index (χ1) is 13.8. The first-order valence-corrected chi connectivity index (χ1v) is 9.21. The number of ether oxygens (including phenoxy) is 1. The monoisotopic (exact) mass is 378 g/mol.